The third kappa shape index (κ3) is 5.41. The van der Waals surface area contributed by atoms with Crippen LogP contribution in [0.3, 0.4) is 0 Å². The van der Waals surface area contributed by atoms with Gasteiger partial charge in [0.1, 0.15) is 10.8 Å². The Hall–Kier alpha value is -1.50. The molecule has 0 N–H and O–H groups in total. The molecule has 0 heterocycles. The van der Waals surface area contributed by atoms with Crippen LogP contribution in [0, 0.1) is 11.7 Å². The molecule has 1 aromatic carbocycles. The Labute approximate surface area is 135 Å². The average molecular weight is 374 g/mol. The van der Waals surface area contributed by atoms with E-state index in [-0.39, 0.29) is 22.9 Å². The number of azide groups is 1. The number of carbonyl (C=O) groups is 1. The molecule has 5 nitrogen and oxygen atoms in total. The zero-order valence-corrected chi connectivity index (χ0v) is 13.9. The van der Waals surface area contributed by atoms with Gasteiger partial charge in [-0.3, -0.25) is 4.79 Å². The van der Waals surface area contributed by atoms with Crippen molar-refractivity contribution in [2.75, 3.05) is 6.61 Å². The lowest BCUT2D eigenvalue weighted by atomic mass is 10.1. The van der Waals surface area contributed by atoms with Gasteiger partial charge in [-0.15, -0.1) is 0 Å². The van der Waals surface area contributed by atoms with Crippen molar-refractivity contribution >= 4 is 39.1 Å². The molecule has 0 saturated carbocycles. The fraction of sp³-hybridized carbons (Fsp3) is 0.385. The molecule has 1 rings (SSSR count). The number of esters is 1. The molecule has 0 bridgehead atoms. The fourth-order valence-corrected chi connectivity index (χ4v) is 2.10. The lowest BCUT2D eigenvalue weighted by molar-refractivity contribution is -0.143. The second kappa shape index (κ2) is 8.07. The molecule has 1 aromatic rings. The van der Waals surface area contributed by atoms with Crippen LogP contribution in [0.4, 0.5) is 4.39 Å². The molecule has 0 radical (unpaired) electrons. The molecule has 0 spiro atoms. The third-order valence-corrected chi connectivity index (χ3v) is 3.45. The van der Waals surface area contributed by atoms with E-state index in [2.05, 4.69) is 26.0 Å². The van der Waals surface area contributed by atoms with Crippen LogP contribution in [0.2, 0.25) is 0 Å². The first-order chi connectivity index (χ1) is 9.85. The predicted molar refractivity (Wildman–Crippen MR) is 84.4 cm³/mol. The van der Waals surface area contributed by atoms with E-state index in [4.69, 9.17) is 22.5 Å². The third-order valence-electron chi connectivity index (χ3n) is 2.41. The molecule has 0 amide bonds. The van der Waals surface area contributed by atoms with Crippen molar-refractivity contribution in [2.45, 2.75) is 20.3 Å². The highest BCUT2D eigenvalue weighted by molar-refractivity contribution is 9.10. The maximum Gasteiger partial charge on any atom is 0.310 e. The van der Waals surface area contributed by atoms with Gasteiger partial charge in [0.25, 0.3) is 0 Å². The van der Waals surface area contributed by atoms with Gasteiger partial charge in [0.2, 0.25) is 0 Å². The highest BCUT2D eigenvalue weighted by Gasteiger charge is 2.15. The van der Waals surface area contributed by atoms with Crippen molar-refractivity contribution in [3.8, 4) is 0 Å². The fourth-order valence-electron chi connectivity index (χ4n) is 1.45. The summed E-state index contributed by atoms with van der Waals surface area (Å²) in [5.41, 5.74) is 8.84. The number of nitrogens with zero attached hydrogens (tertiary/aromatic N) is 3. The normalized spacial score (nSPS) is 10.1. The molecule has 0 atom stereocenters. The van der Waals surface area contributed by atoms with Crippen LogP contribution in [0.15, 0.2) is 21.7 Å². The van der Waals surface area contributed by atoms with E-state index in [1.54, 1.807) is 0 Å². The Bertz CT molecular complexity index is 616. The van der Waals surface area contributed by atoms with Crippen LogP contribution in [0.25, 0.3) is 10.4 Å². The highest BCUT2D eigenvalue weighted by Crippen LogP contribution is 2.23. The van der Waals surface area contributed by atoms with Crippen LogP contribution in [-0.4, -0.2) is 17.6 Å². The van der Waals surface area contributed by atoms with Crippen LogP contribution < -0.4 is 0 Å². The summed E-state index contributed by atoms with van der Waals surface area (Å²) in [4.78, 5) is 14.0. The minimum Gasteiger partial charge on any atom is -0.465 e. The Morgan fingerprint density at radius 1 is 1.57 bits per heavy atom. The Morgan fingerprint density at radius 2 is 2.24 bits per heavy atom. The van der Waals surface area contributed by atoms with E-state index >= 15 is 0 Å². The second-order valence-corrected chi connectivity index (χ2v) is 5.91. The van der Waals surface area contributed by atoms with Crippen molar-refractivity contribution in [3.05, 3.63) is 44.0 Å². The Balaban J connectivity index is 2.97. The molecular formula is C13H13BrFN3O2S. The van der Waals surface area contributed by atoms with E-state index in [0.717, 1.165) is 0 Å². The minimum absolute atomic E-state index is 0.0161. The second-order valence-electron chi connectivity index (χ2n) is 4.67. The van der Waals surface area contributed by atoms with E-state index < -0.39 is 11.8 Å². The summed E-state index contributed by atoms with van der Waals surface area (Å²) in [6, 6.07) is 2.56. The predicted octanol–water partition coefficient (Wildman–Crippen LogP) is 4.32. The number of halogens is 2. The van der Waals surface area contributed by atoms with E-state index in [1.807, 2.05) is 13.8 Å². The van der Waals surface area contributed by atoms with Gasteiger partial charge in [0, 0.05) is 14.9 Å². The van der Waals surface area contributed by atoms with Gasteiger partial charge >= 0.3 is 5.97 Å². The molecule has 8 heteroatoms. The van der Waals surface area contributed by atoms with Crippen LogP contribution >= 0.6 is 28.1 Å². The van der Waals surface area contributed by atoms with E-state index in [1.165, 1.54) is 12.1 Å². The van der Waals surface area contributed by atoms with Crippen LogP contribution in [0.5, 0.6) is 0 Å². The smallest absolute Gasteiger partial charge is 0.310 e. The molecule has 112 valence electrons. The summed E-state index contributed by atoms with van der Waals surface area (Å²) in [6.07, 6.45) is -0.0283. The highest BCUT2D eigenvalue weighted by atomic mass is 79.9. The monoisotopic (exact) mass is 373 g/mol. The molecule has 0 saturated heterocycles. The quantitative estimate of drug-likeness (QED) is 0.253. The molecular weight excluding hydrogens is 361 g/mol. The number of hydrogen-bond donors (Lipinski definition) is 0. The summed E-state index contributed by atoms with van der Waals surface area (Å²) < 4.78 is 19.3. The Morgan fingerprint density at radius 3 is 2.81 bits per heavy atom. The lowest BCUT2D eigenvalue weighted by Gasteiger charge is -2.10. The van der Waals surface area contributed by atoms with Gasteiger partial charge in [0.05, 0.1) is 13.0 Å². The minimum atomic E-state index is -0.626. The Kier molecular flexibility index (Phi) is 6.74. The standard InChI is InChI=1S/C13H13BrFN3O2S/c1-7(2)6-20-12(19)4-8-3-9(13(21)17-18-16)11(15)5-10(8)14/h3,5,7H,4,6H2,1-2H3. The first-order valence-electron chi connectivity index (χ1n) is 6.08. The first kappa shape index (κ1) is 17.6. The lowest BCUT2D eigenvalue weighted by Crippen LogP contribution is -2.13. The number of hydrogen-bond acceptors (Lipinski definition) is 3. The molecule has 21 heavy (non-hydrogen) atoms. The van der Waals surface area contributed by atoms with Crippen molar-refractivity contribution < 1.29 is 13.9 Å². The van der Waals surface area contributed by atoms with Gasteiger partial charge < -0.3 is 4.74 Å². The van der Waals surface area contributed by atoms with Gasteiger partial charge in [0.15, 0.2) is 0 Å². The summed E-state index contributed by atoms with van der Waals surface area (Å²) in [5.74, 6) is -0.811. The van der Waals surface area contributed by atoms with Gasteiger partial charge in [-0.1, -0.05) is 42.0 Å². The summed E-state index contributed by atoms with van der Waals surface area (Å²) in [5, 5.41) is 3.21. The number of ether oxygens (including phenoxy) is 1. The van der Waals surface area contributed by atoms with Gasteiger partial charge in [-0.2, -0.15) is 0 Å². The topological polar surface area (TPSA) is 75.1 Å². The maximum atomic E-state index is 13.8. The van der Waals surface area contributed by atoms with Crippen LogP contribution in [0.1, 0.15) is 25.0 Å². The molecule has 0 aliphatic heterocycles. The number of benzene rings is 1. The van der Waals surface area contributed by atoms with Gasteiger partial charge in [-0.05, 0) is 34.3 Å². The molecule has 0 unspecified atom stereocenters. The van der Waals surface area contributed by atoms with Crippen molar-refractivity contribution in [3.63, 3.8) is 0 Å². The number of carbonyl (C=O) groups excluding carboxylic acids is 1. The number of thiocarbonyl (C=S) groups is 1. The molecule has 0 aromatic heterocycles. The summed E-state index contributed by atoms with van der Waals surface area (Å²) in [6.45, 7) is 4.18. The molecule has 0 fully saturated rings. The number of rotatable bonds is 5. The van der Waals surface area contributed by atoms with Crippen LogP contribution in [-0.2, 0) is 16.0 Å². The average Bonchev–Trinajstić information content (AvgIpc) is 2.39. The van der Waals surface area contributed by atoms with E-state index in [9.17, 15) is 9.18 Å². The zero-order valence-electron chi connectivity index (χ0n) is 11.5. The molecule has 0 aliphatic rings. The van der Waals surface area contributed by atoms with Crippen molar-refractivity contribution in [2.24, 2.45) is 11.0 Å². The van der Waals surface area contributed by atoms with Crippen molar-refractivity contribution in [1.29, 1.82) is 0 Å². The zero-order chi connectivity index (χ0) is 16.0. The molecule has 0 aliphatic carbocycles. The first-order valence-corrected chi connectivity index (χ1v) is 7.28. The van der Waals surface area contributed by atoms with Crippen molar-refractivity contribution in [1.82, 2.24) is 0 Å². The summed E-state index contributed by atoms with van der Waals surface area (Å²) in [7, 11) is 0. The summed E-state index contributed by atoms with van der Waals surface area (Å²) >= 11 is 8.00. The largest absolute Gasteiger partial charge is 0.465 e. The van der Waals surface area contributed by atoms with E-state index in [0.29, 0.717) is 16.6 Å². The maximum absolute atomic E-state index is 13.8. The van der Waals surface area contributed by atoms with Gasteiger partial charge in [-0.25, -0.2) is 4.39 Å². The SMILES string of the molecule is CC(C)COC(=O)Cc1cc(C(=S)N=[N+]=[N-])c(F)cc1Br.